The van der Waals surface area contributed by atoms with Crippen molar-refractivity contribution < 1.29 is 27.1 Å². The van der Waals surface area contributed by atoms with Gasteiger partial charge in [-0.05, 0) is 18.9 Å². The maximum absolute atomic E-state index is 13.2. The van der Waals surface area contributed by atoms with E-state index >= 15 is 0 Å². The van der Waals surface area contributed by atoms with Gasteiger partial charge in [0, 0.05) is 37.8 Å². The van der Waals surface area contributed by atoms with Crippen molar-refractivity contribution in [2.24, 2.45) is 0 Å². The summed E-state index contributed by atoms with van der Waals surface area (Å²) in [6.45, 7) is -0.144. The lowest BCUT2D eigenvalue weighted by Gasteiger charge is -2.35. The molecule has 3 heterocycles. The smallest absolute Gasteiger partial charge is 0.323 e. The summed E-state index contributed by atoms with van der Waals surface area (Å²) in [5, 5.41) is 9.22. The van der Waals surface area contributed by atoms with E-state index in [0.29, 0.717) is 30.5 Å². The number of rotatable bonds is 6. The van der Waals surface area contributed by atoms with Crippen LogP contribution in [-0.4, -0.2) is 70.8 Å². The van der Waals surface area contributed by atoms with E-state index in [4.69, 9.17) is 5.11 Å². The molecule has 13 heteroatoms. The zero-order chi connectivity index (χ0) is 22.2. The predicted octanol–water partition coefficient (Wildman–Crippen LogP) is 0.674. The van der Waals surface area contributed by atoms with Crippen LogP contribution in [0.4, 0.5) is 14.7 Å². The number of aromatic nitrogens is 3. The van der Waals surface area contributed by atoms with Crippen molar-refractivity contribution in [2.75, 3.05) is 31.3 Å². The number of nitrogens with zero attached hydrogens (tertiary/aromatic N) is 5. The SMILES string of the molecule is CN(c1ncc2cc(C(F)F)c(=O)n(CC(=O)O)c2n1)C1CCN(S(C)(=O)=O)CC1. The van der Waals surface area contributed by atoms with Crippen molar-refractivity contribution >= 4 is 33.0 Å². The Kier molecular flexibility index (Phi) is 6.04. The minimum atomic E-state index is -3.27. The number of carboxylic acids is 1. The number of piperidine rings is 1. The molecule has 2 aromatic rings. The van der Waals surface area contributed by atoms with E-state index in [9.17, 15) is 26.8 Å². The molecule has 1 aliphatic rings. The fraction of sp³-hybridized carbons (Fsp3) is 0.529. The van der Waals surface area contributed by atoms with Gasteiger partial charge in [-0.2, -0.15) is 4.98 Å². The van der Waals surface area contributed by atoms with E-state index in [1.54, 1.807) is 11.9 Å². The zero-order valence-electron chi connectivity index (χ0n) is 16.3. The second-order valence-corrected chi connectivity index (χ2v) is 9.12. The molecule has 2 aromatic heterocycles. The highest BCUT2D eigenvalue weighted by molar-refractivity contribution is 7.88. The third-order valence-corrected chi connectivity index (χ3v) is 6.43. The molecule has 0 spiro atoms. The van der Waals surface area contributed by atoms with Crippen LogP contribution in [0.5, 0.6) is 0 Å². The topological polar surface area (TPSA) is 126 Å². The molecule has 1 N–H and O–H groups in total. The molecule has 0 atom stereocenters. The van der Waals surface area contributed by atoms with E-state index in [-0.39, 0.29) is 23.0 Å². The lowest BCUT2D eigenvalue weighted by atomic mass is 10.1. The maximum atomic E-state index is 13.2. The van der Waals surface area contributed by atoms with Gasteiger partial charge in [0.25, 0.3) is 12.0 Å². The summed E-state index contributed by atoms with van der Waals surface area (Å²) in [5.74, 6) is -1.19. The number of hydrogen-bond donors (Lipinski definition) is 1. The van der Waals surface area contributed by atoms with E-state index in [1.807, 2.05) is 0 Å². The Balaban J connectivity index is 1.97. The maximum Gasteiger partial charge on any atom is 0.323 e. The summed E-state index contributed by atoms with van der Waals surface area (Å²) >= 11 is 0. The molecule has 1 saturated heterocycles. The second-order valence-electron chi connectivity index (χ2n) is 7.14. The van der Waals surface area contributed by atoms with Crippen LogP contribution in [0.2, 0.25) is 0 Å². The second kappa shape index (κ2) is 8.22. The van der Waals surface area contributed by atoms with Crippen molar-refractivity contribution in [1.29, 1.82) is 0 Å². The highest BCUT2D eigenvalue weighted by Gasteiger charge is 2.28. The summed E-state index contributed by atoms with van der Waals surface area (Å²) in [6, 6.07) is 0.884. The van der Waals surface area contributed by atoms with Gasteiger partial charge in [0.15, 0.2) is 0 Å². The van der Waals surface area contributed by atoms with Gasteiger partial charge in [0.05, 0.1) is 11.8 Å². The average molecular weight is 445 g/mol. The minimum Gasteiger partial charge on any atom is -0.480 e. The summed E-state index contributed by atoms with van der Waals surface area (Å²) < 4.78 is 51.8. The Bertz CT molecular complexity index is 1130. The number of sulfonamides is 1. The molecule has 0 saturated carbocycles. The van der Waals surface area contributed by atoms with Crippen LogP contribution in [0.3, 0.4) is 0 Å². The fourth-order valence-electron chi connectivity index (χ4n) is 3.51. The van der Waals surface area contributed by atoms with Crippen LogP contribution in [0.15, 0.2) is 17.1 Å². The number of pyridine rings is 1. The number of anilines is 1. The molecule has 1 fully saturated rings. The predicted molar refractivity (Wildman–Crippen MR) is 104 cm³/mol. The fourth-order valence-corrected chi connectivity index (χ4v) is 4.38. The molecule has 0 aromatic carbocycles. The molecule has 164 valence electrons. The monoisotopic (exact) mass is 445 g/mol. The molecule has 30 heavy (non-hydrogen) atoms. The highest BCUT2D eigenvalue weighted by atomic mass is 32.2. The lowest BCUT2D eigenvalue weighted by Crippen LogP contribution is -2.45. The largest absolute Gasteiger partial charge is 0.480 e. The molecule has 0 bridgehead atoms. The first-order valence-electron chi connectivity index (χ1n) is 9.07. The summed E-state index contributed by atoms with van der Waals surface area (Å²) in [6.07, 6.45) is 0.404. The number of carboxylic acid groups (broad SMARTS) is 1. The van der Waals surface area contributed by atoms with Crippen molar-refractivity contribution in [3.05, 3.63) is 28.2 Å². The number of aliphatic carboxylic acids is 1. The third kappa shape index (κ3) is 4.41. The van der Waals surface area contributed by atoms with Crippen LogP contribution in [0, 0.1) is 0 Å². The van der Waals surface area contributed by atoms with Crippen LogP contribution >= 0.6 is 0 Å². The Morgan fingerprint density at radius 2 is 2.00 bits per heavy atom. The number of fused-ring (bicyclic) bond motifs is 1. The molecule has 0 aliphatic carbocycles. The first-order valence-corrected chi connectivity index (χ1v) is 10.9. The third-order valence-electron chi connectivity index (χ3n) is 5.13. The van der Waals surface area contributed by atoms with Gasteiger partial charge in [-0.1, -0.05) is 0 Å². The van der Waals surface area contributed by atoms with Crippen molar-refractivity contribution in [3.8, 4) is 0 Å². The normalized spacial score (nSPS) is 16.3. The van der Waals surface area contributed by atoms with Crippen LogP contribution in [-0.2, 0) is 21.4 Å². The van der Waals surface area contributed by atoms with E-state index in [0.717, 1.165) is 12.3 Å². The van der Waals surface area contributed by atoms with Gasteiger partial charge >= 0.3 is 5.97 Å². The van der Waals surface area contributed by atoms with E-state index in [2.05, 4.69) is 9.97 Å². The van der Waals surface area contributed by atoms with Crippen LogP contribution in [0.1, 0.15) is 24.8 Å². The molecule has 1 aliphatic heterocycles. The van der Waals surface area contributed by atoms with Crippen LogP contribution < -0.4 is 10.5 Å². The molecular weight excluding hydrogens is 424 g/mol. The molecule has 0 amide bonds. The van der Waals surface area contributed by atoms with E-state index in [1.165, 1.54) is 10.5 Å². The molecular formula is C17H21F2N5O5S. The first-order chi connectivity index (χ1) is 14.0. The summed E-state index contributed by atoms with van der Waals surface area (Å²) in [5.41, 5.74) is -1.99. The van der Waals surface area contributed by atoms with Crippen molar-refractivity contribution in [2.45, 2.75) is 31.9 Å². The molecule has 3 rings (SSSR count). The number of alkyl halides is 2. The minimum absolute atomic E-state index is 0.0581. The average Bonchev–Trinajstić information content (AvgIpc) is 2.68. The summed E-state index contributed by atoms with van der Waals surface area (Å²) in [7, 11) is -1.57. The quantitative estimate of drug-likeness (QED) is 0.688. The van der Waals surface area contributed by atoms with Gasteiger partial charge in [0.2, 0.25) is 16.0 Å². The standard InChI is InChI=1S/C17H21F2N5O5S/c1-22(11-3-5-23(6-4-11)30(2,28)29)17-20-8-10-7-12(14(18)19)16(27)24(9-13(25)26)15(10)21-17/h7-8,11,14H,3-6,9H2,1-2H3,(H,25,26). The number of carbonyl (C=O) groups is 1. The van der Waals surface area contributed by atoms with Crippen molar-refractivity contribution in [1.82, 2.24) is 18.8 Å². The molecule has 0 radical (unpaired) electrons. The Labute approximate surface area is 170 Å². The first kappa shape index (κ1) is 22.0. The van der Waals surface area contributed by atoms with Gasteiger partial charge in [0.1, 0.15) is 12.2 Å². The number of hydrogen-bond acceptors (Lipinski definition) is 7. The summed E-state index contributed by atoms with van der Waals surface area (Å²) in [4.78, 5) is 33.7. The van der Waals surface area contributed by atoms with E-state index < -0.39 is 40.1 Å². The number of halogens is 2. The zero-order valence-corrected chi connectivity index (χ0v) is 17.1. The van der Waals surface area contributed by atoms with Gasteiger partial charge < -0.3 is 10.0 Å². The Morgan fingerprint density at radius 3 is 2.53 bits per heavy atom. The van der Waals surface area contributed by atoms with Gasteiger partial charge in [-0.15, -0.1) is 0 Å². The molecule has 10 nitrogen and oxygen atoms in total. The Morgan fingerprint density at radius 1 is 1.37 bits per heavy atom. The van der Waals surface area contributed by atoms with Crippen LogP contribution in [0.25, 0.3) is 11.0 Å². The van der Waals surface area contributed by atoms with Crippen molar-refractivity contribution in [3.63, 3.8) is 0 Å². The van der Waals surface area contributed by atoms with Gasteiger partial charge in [-0.25, -0.2) is 26.5 Å². The highest BCUT2D eigenvalue weighted by Crippen LogP contribution is 2.24. The Hall–Kier alpha value is -2.67. The molecule has 0 unspecified atom stereocenters. The lowest BCUT2D eigenvalue weighted by molar-refractivity contribution is -0.137. The van der Waals surface area contributed by atoms with Gasteiger partial charge in [-0.3, -0.25) is 14.2 Å².